The van der Waals surface area contributed by atoms with Gasteiger partial charge in [0.25, 0.3) is 0 Å². The molecule has 15 aromatic carbocycles. The van der Waals surface area contributed by atoms with Crippen LogP contribution in [0.4, 0.5) is 0 Å². The van der Waals surface area contributed by atoms with Crippen molar-refractivity contribution in [3.63, 3.8) is 0 Å². The van der Waals surface area contributed by atoms with Gasteiger partial charge >= 0.3 is 28.5 Å². The van der Waals surface area contributed by atoms with Gasteiger partial charge in [-0.2, -0.15) is 0 Å². The summed E-state index contributed by atoms with van der Waals surface area (Å²) in [5.41, 5.74) is 19.0. The smallest absolute Gasteiger partial charge is 0.423 e. The molecule has 12 nitrogen and oxygen atoms in total. The Balaban J connectivity index is 0.000000107. The second-order valence-corrected chi connectivity index (χ2v) is 25.6. The van der Waals surface area contributed by atoms with Crippen LogP contribution in [0.3, 0.4) is 0 Å². The first-order valence-corrected chi connectivity index (χ1v) is 34.4. The molecule has 19 aromatic rings. The lowest BCUT2D eigenvalue weighted by Crippen LogP contribution is -2.30. The average molecular weight is 1350 g/mol. The molecular formula is C88H66B4N4O8. The standard InChI is InChI=1S/2C24H18BNO2.C22H16BNO2.C18H14BNO2/c27-25(28)21-13-7-15-23-24(21)20-12-4-5-14-22(20)26(23)19-11-6-10-18(16-19)17-8-2-1-3-9-17;27-25(28)21-10-6-12-23-24(21)20-9-4-5-11-22(20)26(23)19-15-13-18(14-16-19)17-7-2-1-3-8-17;25-23(26)19-9-5-11-21-22(19)18-8-3-4-10-20(18)24(21)17-13-12-15-6-1-2-7-16(15)14-17;21-19(22)15-10-6-12-17-18(15)14-9-4-5-11-16(14)20(17)13-7-2-1-3-8-13/h2*1-16,27-28H;1-14,25-26H;1-12,21-22H. The molecule has 8 N–H and O–H groups in total. The minimum Gasteiger partial charge on any atom is -0.423 e. The quantitative estimate of drug-likeness (QED) is 0.0623. The van der Waals surface area contributed by atoms with E-state index in [0.29, 0.717) is 21.9 Å². The van der Waals surface area contributed by atoms with Gasteiger partial charge < -0.3 is 58.5 Å². The lowest BCUT2D eigenvalue weighted by molar-refractivity contribution is 0.425. The third-order valence-electron chi connectivity index (χ3n) is 19.5. The van der Waals surface area contributed by atoms with E-state index in [1.807, 2.05) is 200 Å². The summed E-state index contributed by atoms with van der Waals surface area (Å²) in [5.74, 6) is 0. The van der Waals surface area contributed by atoms with E-state index in [1.165, 1.54) is 16.3 Å². The summed E-state index contributed by atoms with van der Waals surface area (Å²) in [4.78, 5) is 0. The SMILES string of the molecule is OB(O)c1cccc2c1c1ccccc1n2-c1ccc(-c2ccccc2)cc1.OB(O)c1cccc2c1c1ccccc1n2-c1ccc2ccccc2c1.OB(O)c1cccc2c1c1ccccc1n2-c1cccc(-c2ccccc2)c1.OB(O)c1cccc2c1c1ccccc1n2-c1ccccc1. The van der Waals surface area contributed by atoms with Crippen molar-refractivity contribution in [2.24, 2.45) is 0 Å². The number of hydrogen-bond acceptors (Lipinski definition) is 8. The van der Waals surface area contributed by atoms with E-state index < -0.39 is 28.5 Å². The first-order valence-electron chi connectivity index (χ1n) is 34.4. The molecule has 4 aromatic heterocycles. The van der Waals surface area contributed by atoms with Crippen molar-refractivity contribution in [2.45, 2.75) is 0 Å². The fourth-order valence-corrected chi connectivity index (χ4v) is 14.9. The van der Waals surface area contributed by atoms with Crippen LogP contribution in [0, 0.1) is 0 Å². The molecule has 104 heavy (non-hydrogen) atoms. The summed E-state index contributed by atoms with van der Waals surface area (Å²) in [6, 6.07) is 117. The van der Waals surface area contributed by atoms with Crippen molar-refractivity contribution in [3.05, 3.63) is 352 Å². The number of nitrogens with zero attached hydrogens (tertiary/aromatic N) is 4. The number of hydrogen-bond donors (Lipinski definition) is 8. The maximum atomic E-state index is 9.90. The van der Waals surface area contributed by atoms with E-state index in [4.69, 9.17) is 0 Å². The van der Waals surface area contributed by atoms with Crippen LogP contribution in [0.15, 0.2) is 352 Å². The van der Waals surface area contributed by atoms with Crippen LogP contribution in [-0.2, 0) is 0 Å². The summed E-state index contributed by atoms with van der Waals surface area (Å²) >= 11 is 0. The Kier molecular flexibility index (Phi) is 18.2. The number of fused-ring (bicyclic) bond motifs is 13. The topological polar surface area (TPSA) is 182 Å². The predicted molar refractivity (Wildman–Crippen MR) is 431 cm³/mol. The van der Waals surface area contributed by atoms with E-state index in [0.717, 1.165) is 127 Å². The highest BCUT2D eigenvalue weighted by Gasteiger charge is 2.25. The van der Waals surface area contributed by atoms with Gasteiger partial charge in [0.2, 0.25) is 0 Å². The number of para-hydroxylation sites is 5. The maximum absolute atomic E-state index is 9.90. The Morgan fingerprint density at radius 1 is 0.173 bits per heavy atom. The number of aromatic nitrogens is 4. The van der Waals surface area contributed by atoms with Gasteiger partial charge in [-0.3, -0.25) is 0 Å². The molecule has 19 rings (SSSR count). The van der Waals surface area contributed by atoms with Gasteiger partial charge in [0, 0.05) is 65.8 Å². The third-order valence-corrected chi connectivity index (χ3v) is 19.5. The van der Waals surface area contributed by atoms with E-state index in [2.05, 4.69) is 146 Å². The summed E-state index contributed by atoms with van der Waals surface area (Å²) in [6.45, 7) is 0. The second-order valence-electron chi connectivity index (χ2n) is 25.6. The molecule has 16 heteroatoms. The molecule has 0 bridgehead atoms. The highest BCUT2D eigenvalue weighted by molar-refractivity contribution is 6.64. The molecule has 0 aliphatic rings. The Labute approximate surface area is 600 Å². The van der Waals surface area contributed by atoms with Crippen molar-refractivity contribution in [1.82, 2.24) is 18.3 Å². The zero-order valence-corrected chi connectivity index (χ0v) is 56.2. The van der Waals surface area contributed by atoms with Crippen LogP contribution < -0.4 is 21.9 Å². The van der Waals surface area contributed by atoms with E-state index in [-0.39, 0.29) is 0 Å². The van der Waals surface area contributed by atoms with Crippen molar-refractivity contribution in [2.75, 3.05) is 0 Å². The van der Waals surface area contributed by atoms with Gasteiger partial charge in [-0.1, -0.05) is 255 Å². The van der Waals surface area contributed by atoms with Gasteiger partial charge in [0.05, 0.1) is 44.1 Å². The molecule has 0 radical (unpaired) electrons. The van der Waals surface area contributed by atoms with E-state index in [1.54, 1.807) is 24.3 Å². The molecule has 0 aliphatic heterocycles. The molecule has 0 aliphatic carbocycles. The molecule has 0 fully saturated rings. The third kappa shape index (κ3) is 12.3. The minimum absolute atomic E-state index is 0.520. The molecule has 0 amide bonds. The van der Waals surface area contributed by atoms with Crippen LogP contribution in [0.25, 0.3) is 143 Å². The van der Waals surface area contributed by atoms with Gasteiger partial charge in [0.15, 0.2) is 0 Å². The monoisotopic (exact) mass is 1350 g/mol. The summed E-state index contributed by atoms with van der Waals surface area (Å²) in [7, 11) is -6.02. The molecule has 0 atom stereocenters. The molecule has 0 spiro atoms. The fraction of sp³-hybridized carbons (Fsp3) is 0. The van der Waals surface area contributed by atoms with Crippen LogP contribution in [-0.4, -0.2) is 86.9 Å². The minimum atomic E-state index is -1.52. The highest BCUT2D eigenvalue weighted by Crippen LogP contribution is 2.37. The number of rotatable bonds is 10. The predicted octanol–water partition coefficient (Wildman–Crippen LogP) is 14.3. The van der Waals surface area contributed by atoms with Crippen LogP contribution in [0.1, 0.15) is 0 Å². The van der Waals surface area contributed by atoms with E-state index in [9.17, 15) is 40.2 Å². The lowest BCUT2D eigenvalue weighted by atomic mass is 9.77. The Bertz CT molecular complexity index is 6340. The van der Waals surface area contributed by atoms with Crippen LogP contribution in [0.5, 0.6) is 0 Å². The second kappa shape index (κ2) is 28.6. The molecule has 0 saturated carbocycles. The van der Waals surface area contributed by atoms with Crippen LogP contribution in [0.2, 0.25) is 0 Å². The summed E-state index contributed by atoms with van der Waals surface area (Å²) in [6.07, 6.45) is 0. The molecule has 4 heterocycles. The first-order chi connectivity index (χ1) is 51.0. The Morgan fingerprint density at radius 3 is 0.827 bits per heavy atom. The van der Waals surface area contributed by atoms with Crippen molar-refractivity contribution in [1.29, 1.82) is 0 Å². The average Bonchev–Trinajstić information content (AvgIpc) is 1.61. The van der Waals surface area contributed by atoms with Gasteiger partial charge in [-0.25, -0.2) is 0 Å². The van der Waals surface area contributed by atoms with Gasteiger partial charge in [0.1, 0.15) is 0 Å². The zero-order valence-electron chi connectivity index (χ0n) is 56.2. The van der Waals surface area contributed by atoms with Crippen molar-refractivity contribution in [3.8, 4) is 45.0 Å². The van der Waals surface area contributed by atoms with Gasteiger partial charge in [-0.15, -0.1) is 0 Å². The van der Waals surface area contributed by atoms with Crippen LogP contribution >= 0.6 is 0 Å². The van der Waals surface area contributed by atoms with Gasteiger partial charge in [-0.05, 0) is 152 Å². The van der Waals surface area contributed by atoms with Crippen molar-refractivity contribution >= 4 is 148 Å². The molecular weight excluding hydrogens is 1280 g/mol. The molecule has 498 valence electrons. The normalized spacial score (nSPS) is 11.3. The maximum Gasteiger partial charge on any atom is 0.489 e. The van der Waals surface area contributed by atoms with Crippen molar-refractivity contribution < 1.29 is 40.2 Å². The highest BCUT2D eigenvalue weighted by atomic mass is 16.4. The molecule has 0 unspecified atom stereocenters. The zero-order chi connectivity index (χ0) is 71.0. The number of benzene rings is 15. The molecule has 0 saturated heterocycles. The summed E-state index contributed by atoms with van der Waals surface area (Å²) in [5, 5.41) is 88.6. The van der Waals surface area contributed by atoms with E-state index >= 15 is 0 Å². The largest absolute Gasteiger partial charge is 0.489 e. The lowest BCUT2D eigenvalue weighted by Gasteiger charge is -2.10. The first kappa shape index (κ1) is 66.3. The fourth-order valence-electron chi connectivity index (χ4n) is 14.9. The Morgan fingerprint density at radius 2 is 0.433 bits per heavy atom. The Hall–Kier alpha value is -12.3. The summed E-state index contributed by atoms with van der Waals surface area (Å²) < 4.78 is 8.69.